The Labute approximate surface area is 249 Å². The highest BCUT2D eigenvalue weighted by atomic mass is 16.1. The van der Waals surface area contributed by atoms with Crippen LogP contribution in [0.1, 0.15) is 63.5 Å². The minimum Gasteiger partial charge on any atom is -0.351 e. The monoisotopic (exact) mass is 559 g/mol. The van der Waals surface area contributed by atoms with Crippen LogP contribution in [0.5, 0.6) is 0 Å². The van der Waals surface area contributed by atoms with Gasteiger partial charge in [-0.25, -0.2) is 4.98 Å². The average Bonchev–Trinajstić information content (AvgIpc) is 3.78. The van der Waals surface area contributed by atoms with Gasteiger partial charge >= 0.3 is 0 Å². The maximum Gasteiger partial charge on any atom is 0.268 e. The van der Waals surface area contributed by atoms with Crippen LogP contribution in [0.4, 0.5) is 0 Å². The lowest BCUT2D eigenvalue weighted by atomic mass is 9.83. The summed E-state index contributed by atoms with van der Waals surface area (Å²) >= 11 is 0. The van der Waals surface area contributed by atoms with Crippen LogP contribution in [-0.2, 0) is 13.1 Å². The molecule has 6 nitrogen and oxygen atoms in total. The second kappa shape index (κ2) is 12.8. The number of carbonyl (C=O) groups is 1. The summed E-state index contributed by atoms with van der Waals surface area (Å²) in [5, 5.41) is 4.45. The van der Waals surface area contributed by atoms with Crippen LogP contribution in [0.2, 0.25) is 0 Å². The molecule has 5 aromatic rings. The first-order valence-corrected chi connectivity index (χ1v) is 15.3. The molecule has 1 fully saturated rings. The second-order valence-corrected chi connectivity index (χ2v) is 11.6. The van der Waals surface area contributed by atoms with Crippen molar-refractivity contribution in [3.63, 3.8) is 0 Å². The van der Waals surface area contributed by atoms with Crippen molar-refractivity contribution in [2.45, 2.75) is 52.1 Å². The molecule has 0 spiro atoms. The molecule has 1 N–H and O–H groups in total. The smallest absolute Gasteiger partial charge is 0.268 e. The summed E-state index contributed by atoms with van der Waals surface area (Å²) in [5.41, 5.74) is 7.84. The van der Waals surface area contributed by atoms with Crippen molar-refractivity contribution < 1.29 is 4.79 Å². The third-order valence-electron chi connectivity index (χ3n) is 8.61. The van der Waals surface area contributed by atoms with E-state index in [0.29, 0.717) is 6.54 Å². The van der Waals surface area contributed by atoms with Gasteiger partial charge in [0.1, 0.15) is 5.69 Å². The molecule has 6 heteroatoms. The lowest BCUT2D eigenvalue weighted by Gasteiger charge is -2.22. The Bertz CT molecular complexity index is 1560. The Kier molecular flexibility index (Phi) is 8.52. The van der Waals surface area contributed by atoms with Crippen molar-refractivity contribution in [1.29, 1.82) is 0 Å². The molecule has 216 valence electrons. The summed E-state index contributed by atoms with van der Waals surface area (Å²) in [6.45, 7) is 9.67. The van der Waals surface area contributed by atoms with Crippen LogP contribution in [0.3, 0.4) is 0 Å². The third-order valence-corrected chi connectivity index (χ3v) is 8.61. The molecule has 1 aliphatic heterocycles. The summed E-state index contributed by atoms with van der Waals surface area (Å²) in [6, 6.07) is 26.2. The van der Waals surface area contributed by atoms with E-state index in [9.17, 15) is 4.79 Å². The number of rotatable bonds is 11. The van der Waals surface area contributed by atoms with Crippen LogP contribution < -0.4 is 5.32 Å². The number of benzene rings is 3. The highest BCUT2D eigenvalue weighted by Crippen LogP contribution is 2.40. The van der Waals surface area contributed by atoms with Gasteiger partial charge in [0.2, 0.25) is 0 Å². The van der Waals surface area contributed by atoms with Gasteiger partial charge in [-0.3, -0.25) is 4.79 Å². The van der Waals surface area contributed by atoms with Crippen LogP contribution >= 0.6 is 0 Å². The number of nitrogens with one attached hydrogen (secondary N) is 1. The van der Waals surface area contributed by atoms with Crippen molar-refractivity contribution >= 4 is 16.8 Å². The van der Waals surface area contributed by atoms with Crippen molar-refractivity contribution in [3.05, 3.63) is 125 Å². The van der Waals surface area contributed by atoms with E-state index in [1.54, 1.807) is 6.20 Å². The molecule has 2 aromatic heterocycles. The van der Waals surface area contributed by atoms with Gasteiger partial charge in [-0.2, -0.15) is 0 Å². The Morgan fingerprint density at radius 1 is 0.857 bits per heavy atom. The Morgan fingerprint density at radius 2 is 1.52 bits per heavy atom. The van der Waals surface area contributed by atoms with Gasteiger partial charge in [-0.05, 0) is 63.4 Å². The number of para-hydroxylation sites is 1. The molecule has 0 aliphatic carbocycles. The normalized spacial score (nSPS) is 13.8. The molecule has 0 saturated carbocycles. The quantitative estimate of drug-likeness (QED) is 0.187. The molecule has 1 aliphatic rings. The highest BCUT2D eigenvalue weighted by molar-refractivity contribution is 6.02. The Balaban J connectivity index is 1.45. The minimum atomic E-state index is -0.0733. The molecule has 0 radical (unpaired) electrons. The maximum atomic E-state index is 14.3. The summed E-state index contributed by atoms with van der Waals surface area (Å²) < 4.78 is 4.35. The van der Waals surface area contributed by atoms with Gasteiger partial charge in [0.25, 0.3) is 5.91 Å². The number of fused-ring (bicyclic) bond motifs is 1. The zero-order chi connectivity index (χ0) is 28.9. The Morgan fingerprint density at radius 3 is 2.17 bits per heavy atom. The topological polar surface area (TPSA) is 55.1 Å². The molecule has 1 saturated heterocycles. The first-order chi connectivity index (χ1) is 20.6. The van der Waals surface area contributed by atoms with E-state index in [-0.39, 0.29) is 11.8 Å². The first-order valence-electron chi connectivity index (χ1n) is 15.3. The number of aryl methyl sites for hydroxylation is 3. The largest absolute Gasteiger partial charge is 0.351 e. The zero-order valence-corrected chi connectivity index (χ0v) is 24.8. The van der Waals surface area contributed by atoms with Crippen LogP contribution in [0, 0.1) is 13.8 Å². The van der Waals surface area contributed by atoms with Gasteiger partial charge in [0.05, 0.1) is 6.33 Å². The van der Waals surface area contributed by atoms with Gasteiger partial charge in [-0.15, -0.1) is 0 Å². The number of hydrogen-bond donors (Lipinski definition) is 1. The SMILES string of the molecule is Cc1ccc(C(c2ccc(C)cc2)c2c(C(=O)NCCCn3ccnc3)n(CCN3CCCC3)c3ccccc23)cc1. The van der Waals surface area contributed by atoms with Crippen molar-refractivity contribution in [2.24, 2.45) is 0 Å². The lowest BCUT2D eigenvalue weighted by Crippen LogP contribution is -2.31. The highest BCUT2D eigenvalue weighted by Gasteiger charge is 2.30. The van der Waals surface area contributed by atoms with Gasteiger partial charge in [0, 0.05) is 61.0 Å². The van der Waals surface area contributed by atoms with Gasteiger partial charge in [-0.1, -0.05) is 77.9 Å². The maximum absolute atomic E-state index is 14.3. The molecule has 0 unspecified atom stereocenters. The van der Waals surface area contributed by atoms with E-state index >= 15 is 0 Å². The standard InChI is InChI=1S/C36H41N5O/c1-27-10-14-29(15-11-27)33(30-16-12-28(2)13-17-30)34-31-8-3-4-9-32(31)41(25-24-39-20-5-6-21-39)35(34)36(42)38-18-7-22-40-23-19-37-26-40/h3-4,8-17,19,23,26,33H,5-7,18,20-22,24-25H2,1-2H3,(H,38,42). The number of carbonyl (C=O) groups excluding carboxylic acids is 1. The molecule has 1 amide bonds. The van der Waals surface area contributed by atoms with E-state index < -0.39 is 0 Å². The van der Waals surface area contributed by atoms with E-state index in [4.69, 9.17) is 0 Å². The number of amides is 1. The van der Waals surface area contributed by atoms with Crippen LogP contribution in [0.15, 0.2) is 91.5 Å². The summed E-state index contributed by atoms with van der Waals surface area (Å²) in [7, 11) is 0. The van der Waals surface area contributed by atoms with Crippen molar-refractivity contribution in [2.75, 3.05) is 26.2 Å². The second-order valence-electron chi connectivity index (χ2n) is 11.6. The van der Waals surface area contributed by atoms with Crippen LogP contribution in [-0.4, -0.2) is 51.1 Å². The lowest BCUT2D eigenvalue weighted by molar-refractivity contribution is 0.0942. The predicted octanol–water partition coefficient (Wildman–Crippen LogP) is 6.55. The predicted molar refractivity (Wildman–Crippen MR) is 170 cm³/mol. The molecule has 0 bridgehead atoms. The van der Waals surface area contributed by atoms with E-state index in [0.717, 1.165) is 61.3 Å². The first kappa shape index (κ1) is 28.0. The van der Waals surface area contributed by atoms with E-state index in [1.165, 1.54) is 35.1 Å². The average molecular weight is 560 g/mol. The van der Waals surface area contributed by atoms with E-state index in [1.807, 2.05) is 12.5 Å². The number of imidazole rings is 1. The zero-order valence-electron chi connectivity index (χ0n) is 24.8. The molecule has 42 heavy (non-hydrogen) atoms. The van der Waals surface area contributed by atoms with Gasteiger partial charge < -0.3 is 19.4 Å². The van der Waals surface area contributed by atoms with Gasteiger partial charge in [0.15, 0.2) is 0 Å². The molecule has 0 atom stereocenters. The molecular weight excluding hydrogens is 518 g/mol. The molecule has 3 heterocycles. The number of aromatic nitrogens is 3. The number of hydrogen-bond acceptors (Lipinski definition) is 3. The van der Waals surface area contributed by atoms with Crippen molar-refractivity contribution in [1.82, 2.24) is 24.3 Å². The molecular formula is C36H41N5O. The summed E-state index contributed by atoms with van der Waals surface area (Å²) in [6.07, 6.45) is 8.92. The van der Waals surface area contributed by atoms with Crippen LogP contribution in [0.25, 0.3) is 10.9 Å². The van der Waals surface area contributed by atoms with E-state index in [2.05, 4.69) is 111 Å². The molecule has 6 rings (SSSR count). The fourth-order valence-corrected chi connectivity index (χ4v) is 6.36. The fraction of sp³-hybridized carbons (Fsp3) is 0.333. The summed E-state index contributed by atoms with van der Waals surface area (Å²) in [5.74, 6) is -0.0756. The number of likely N-dealkylation sites (tertiary alicyclic amines) is 1. The minimum absolute atomic E-state index is 0.00234. The third kappa shape index (κ3) is 6.04. The van der Waals surface area contributed by atoms with Crippen molar-refractivity contribution in [3.8, 4) is 0 Å². The summed E-state index contributed by atoms with van der Waals surface area (Å²) in [4.78, 5) is 21.0. The molecule has 3 aromatic carbocycles. The fourth-order valence-electron chi connectivity index (χ4n) is 6.36. The number of nitrogens with zero attached hydrogens (tertiary/aromatic N) is 4. The Hall–Kier alpha value is -4.16.